The minimum absolute atomic E-state index is 0. The van der Waals surface area contributed by atoms with Crippen molar-refractivity contribution >= 4 is 58.8 Å². The number of primary amides is 1. The molecule has 6 rings (SSSR count). The van der Waals surface area contributed by atoms with E-state index in [4.69, 9.17) is 27.6 Å². The number of aryl methyl sites for hydroxylation is 4. The van der Waals surface area contributed by atoms with Crippen LogP contribution in [-0.4, -0.2) is 179 Å². The number of carbonyl (C=O) groups is 10. The third-order valence-electron chi connectivity index (χ3n) is 17.6. The second-order valence-corrected chi connectivity index (χ2v) is 27.3. The Morgan fingerprint density at radius 2 is 0.853 bits per heavy atom. The summed E-state index contributed by atoms with van der Waals surface area (Å²) in [5.41, 5.74) is 28.6. The summed E-state index contributed by atoms with van der Waals surface area (Å²) in [5.74, 6) is -8.64. The molecule has 8 atom stereocenters. The van der Waals surface area contributed by atoms with E-state index in [-0.39, 0.29) is 94.6 Å². The third kappa shape index (κ3) is 33.9. The van der Waals surface area contributed by atoms with E-state index in [9.17, 15) is 58.2 Å². The Labute approximate surface area is 662 Å². The quantitative estimate of drug-likeness (QED) is 0.00802. The SMILES string of the molecule is CC(C)C[C@@H](C(=O)N[C@@H](Cc1ccc(C(=O)c2ccccc2)cc1)C(=O)NCCCCc1cn(CCC[NH-])nn1)[C@H](O)C(=O)NO.CNCCCCC(NC(=O)C([NH-])CCCCn1cc(CCCCNC(=O)[C@H](Cc2ccc(C(=O)c3ccccc3)cc2)NC(=O)[C@H](CC(C)C)[C@H](O)C(=O)NO)nn1)C(N)=O.[Rh].[Rh]. The van der Waals surface area contributed by atoms with Crippen LogP contribution in [-0.2, 0) is 116 Å². The van der Waals surface area contributed by atoms with Gasteiger partial charge in [0.25, 0.3) is 11.8 Å². The first-order valence-corrected chi connectivity index (χ1v) is 36.5. The summed E-state index contributed by atoms with van der Waals surface area (Å²) < 4.78 is 3.42. The topological polar surface area (TPSA) is 483 Å². The third-order valence-corrected chi connectivity index (χ3v) is 17.6. The van der Waals surface area contributed by atoms with E-state index in [1.165, 1.54) is 11.0 Å². The molecular weight excluding hydrogens is 1580 g/mol. The number of hydrogen-bond donors (Lipinski definition) is 13. The standard InChI is InChI=1S/C43H63N10O8.C33H44N7O6.2Rh/c1-28(2)25-33(38(55)43(60)51-61)40(57)49-36(26-29-18-20-31(21-19-29)37(54)30-13-5-4-6-14-30)42(59)47-23-11-7-15-32-27-53(52-50-32)24-12-9-16-34(44)41(58)48-35(39(45)56)17-8-10-22-46-3;1-22(2)19-27(30(42)33(45)38-46)31(43)36-28(20-23-12-14-25(15-13-23)29(41)24-9-4-3-5-10-24)32(44)35-17-7-6-11-26-21-40(39-37-26)18-8-16-34;;/h4-6,13-14,18-21,27-28,33-36,38,44,46,55,61H,7-12,15-17,22-26H2,1-3H3,(H2,45,56)(H,47,59)(H,48,58)(H,49,57)(H,51,60);3-5,9-10,12-15,21-22,27-28,30,34,42,46H,6-8,11,16-20H2,1-2H3,(H,35,44)(H,36,43)(H,38,45);;/q2*-1;;/t33-,34?,35?,36+,38+;27-,28+,30+;;/m11../s1. The van der Waals surface area contributed by atoms with Gasteiger partial charge in [-0.2, -0.15) is 0 Å². The van der Waals surface area contributed by atoms with E-state index in [0.717, 1.165) is 37.2 Å². The normalized spacial score (nSPS) is 13.2. The van der Waals surface area contributed by atoms with E-state index in [2.05, 4.69) is 52.5 Å². The van der Waals surface area contributed by atoms with Gasteiger partial charge in [-0.1, -0.05) is 173 Å². The molecule has 0 saturated heterocycles. The summed E-state index contributed by atoms with van der Waals surface area (Å²) in [7, 11) is 1.84. The molecule has 31 nitrogen and oxygen atoms in total. The Balaban J connectivity index is 0.000000576. The molecule has 0 bridgehead atoms. The fourth-order valence-electron chi connectivity index (χ4n) is 11.7. The van der Waals surface area contributed by atoms with Crippen molar-refractivity contribution in [2.45, 2.75) is 186 Å². The number of hydrogen-bond acceptors (Lipinski definition) is 19. The van der Waals surface area contributed by atoms with Gasteiger partial charge in [-0.05, 0) is 114 Å². The predicted molar refractivity (Wildman–Crippen MR) is 398 cm³/mol. The molecule has 4 aromatic carbocycles. The van der Waals surface area contributed by atoms with Crippen molar-refractivity contribution in [1.29, 1.82) is 0 Å². The zero-order valence-corrected chi connectivity index (χ0v) is 65.7. The zero-order valence-electron chi connectivity index (χ0n) is 62.4. The van der Waals surface area contributed by atoms with Gasteiger partial charge in [0.05, 0.1) is 23.2 Å². The van der Waals surface area contributed by atoms with E-state index >= 15 is 0 Å². The van der Waals surface area contributed by atoms with E-state index in [0.29, 0.717) is 124 Å². The molecule has 2 aromatic heterocycles. The van der Waals surface area contributed by atoms with Crippen molar-refractivity contribution in [3.05, 3.63) is 178 Å². The predicted octanol–water partition coefficient (Wildman–Crippen LogP) is 4.80. The summed E-state index contributed by atoms with van der Waals surface area (Å²) in [6, 6.07) is 27.2. The fourth-order valence-corrected chi connectivity index (χ4v) is 11.7. The number of amides is 8. The number of benzene rings is 4. The first-order valence-electron chi connectivity index (χ1n) is 36.5. The fraction of sp³-hybridized carbons (Fsp3) is 0.500. The Morgan fingerprint density at radius 1 is 0.468 bits per heavy atom. The van der Waals surface area contributed by atoms with Crippen molar-refractivity contribution in [2.24, 2.45) is 29.4 Å². The summed E-state index contributed by atoms with van der Waals surface area (Å²) in [6.07, 6.45) is 8.60. The van der Waals surface area contributed by atoms with E-state index < -0.39 is 95.5 Å². The molecule has 0 spiro atoms. The van der Waals surface area contributed by atoms with Crippen LogP contribution in [0.5, 0.6) is 0 Å². The van der Waals surface area contributed by atoms with Gasteiger partial charge in [-0.25, -0.2) is 11.0 Å². The molecule has 33 heteroatoms. The molecule has 0 aliphatic rings. The van der Waals surface area contributed by atoms with Crippen LogP contribution in [0.3, 0.4) is 0 Å². The summed E-state index contributed by atoms with van der Waals surface area (Å²) in [5, 5.41) is 72.6. The van der Waals surface area contributed by atoms with Crippen LogP contribution < -0.4 is 48.6 Å². The number of hydroxylamine groups is 2. The van der Waals surface area contributed by atoms with Crippen molar-refractivity contribution in [3.63, 3.8) is 0 Å². The molecule has 0 saturated carbocycles. The zero-order chi connectivity index (χ0) is 78.2. The Bertz CT molecular complexity index is 3740. The van der Waals surface area contributed by atoms with Gasteiger partial charge in [-0.3, -0.25) is 67.7 Å². The van der Waals surface area contributed by atoms with Crippen LogP contribution in [0.15, 0.2) is 122 Å². The van der Waals surface area contributed by atoms with E-state index in [1.54, 1.807) is 106 Å². The van der Waals surface area contributed by atoms with E-state index in [1.807, 2.05) is 59.3 Å². The van der Waals surface area contributed by atoms with Crippen molar-refractivity contribution in [3.8, 4) is 0 Å². The average Bonchev–Trinajstić information content (AvgIpc) is 1.02. The number of nitrogens with two attached hydrogens (primary N) is 1. The number of carbonyl (C=O) groups excluding carboxylic acids is 10. The van der Waals surface area contributed by atoms with Gasteiger partial charge >= 0.3 is 0 Å². The average molecular weight is 1690 g/mol. The van der Waals surface area contributed by atoms with Gasteiger partial charge in [0, 0.05) is 113 Å². The smallest absolute Gasteiger partial charge is 0.272 e. The number of ketones is 2. The maximum atomic E-state index is 13.6. The van der Waals surface area contributed by atoms with Gasteiger partial charge in [0.2, 0.25) is 35.4 Å². The Kier molecular flexibility index (Phi) is 44.7. The van der Waals surface area contributed by atoms with Gasteiger partial charge in [0.1, 0.15) is 30.3 Å². The molecule has 6 aromatic rings. The second kappa shape index (κ2) is 51.6. The molecule has 600 valence electrons. The van der Waals surface area contributed by atoms with Crippen molar-refractivity contribution in [1.82, 2.24) is 72.8 Å². The van der Waals surface area contributed by atoms with Crippen molar-refractivity contribution < 1.29 is 108 Å². The molecule has 2 radical (unpaired) electrons. The van der Waals surface area contributed by atoms with Gasteiger partial charge in [-0.15, -0.1) is 16.7 Å². The van der Waals surface area contributed by atoms with Crippen molar-refractivity contribution in [2.75, 3.05) is 33.2 Å². The maximum absolute atomic E-state index is 13.6. The first kappa shape index (κ1) is 94.4. The molecule has 0 fully saturated rings. The van der Waals surface area contributed by atoms with Crippen LogP contribution in [0.4, 0.5) is 0 Å². The summed E-state index contributed by atoms with van der Waals surface area (Å²) in [6.45, 7) is 10.2. The maximum Gasteiger partial charge on any atom is 0.272 e. The molecule has 8 amide bonds. The number of aliphatic hydroxyl groups excluding tert-OH is 2. The molecule has 0 aliphatic heterocycles. The van der Waals surface area contributed by atoms with Gasteiger partial charge in [0.15, 0.2) is 11.6 Å². The number of nitrogens with zero attached hydrogens (tertiary/aromatic N) is 6. The molecule has 109 heavy (non-hydrogen) atoms. The largest absolute Gasteiger partial charge is 0.677 e. The molecule has 2 heterocycles. The first-order chi connectivity index (χ1) is 51.4. The minimum Gasteiger partial charge on any atom is -0.677 e. The number of nitrogens with one attached hydrogen (secondary N) is 10. The monoisotopic (exact) mass is 1690 g/mol. The molecule has 2 unspecified atom stereocenters. The van der Waals surface area contributed by atoms with Crippen LogP contribution in [0.1, 0.15) is 166 Å². The molecule has 16 N–H and O–H groups in total. The molecule has 0 aliphatic carbocycles. The summed E-state index contributed by atoms with van der Waals surface area (Å²) >= 11 is 0. The number of aliphatic hydroxyl groups is 2. The van der Waals surface area contributed by atoms with Crippen LogP contribution >= 0.6 is 0 Å². The minimum atomic E-state index is -1.85. The Hall–Kier alpha value is -8.77. The molecular formula is C76H107N17O14Rh2-2. The van der Waals surface area contributed by atoms with Crippen LogP contribution in [0.2, 0.25) is 0 Å². The second-order valence-electron chi connectivity index (χ2n) is 27.3. The van der Waals surface area contributed by atoms with Crippen LogP contribution in [0.25, 0.3) is 11.5 Å². The number of rotatable bonds is 48. The number of unbranched alkanes of at least 4 members (excludes halogenated alkanes) is 4. The summed E-state index contributed by atoms with van der Waals surface area (Å²) in [4.78, 5) is 128. The van der Waals surface area contributed by atoms with Crippen LogP contribution in [0, 0.1) is 23.7 Å². The number of aromatic nitrogens is 6. The van der Waals surface area contributed by atoms with Gasteiger partial charge < -0.3 is 59.3 Å². The Morgan fingerprint density at radius 3 is 1.24 bits per heavy atom.